The highest BCUT2D eigenvalue weighted by atomic mass is 32.1. The number of fused-ring (bicyclic) bond motifs is 2. The van der Waals surface area contributed by atoms with E-state index >= 15 is 4.79 Å². The van der Waals surface area contributed by atoms with Gasteiger partial charge in [0, 0.05) is 54.1 Å². The Morgan fingerprint density at radius 3 is 1.35 bits per heavy atom. The number of hydrogen-bond acceptors (Lipinski definition) is 7. The van der Waals surface area contributed by atoms with Crippen LogP contribution in [0.5, 0.6) is 11.5 Å². The molecule has 244 valence electrons. The minimum Gasteiger partial charge on any atom is -0.492 e. The summed E-state index contributed by atoms with van der Waals surface area (Å²) in [6.45, 7) is 7.98. The predicted molar refractivity (Wildman–Crippen MR) is 200 cm³/mol. The van der Waals surface area contributed by atoms with Crippen molar-refractivity contribution in [1.29, 1.82) is 0 Å². The van der Waals surface area contributed by atoms with E-state index in [1.54, 1.807) is 22.7 Å². The van der Waals surface area contributed by atoms with Crippen LogP contribution in [-0.4, -0.2) is 68.1 Å². The van der Waals surface area contributed by atoms with Crippen molar-refractivity contribution in [3.8, 4) is 32.4 Å². The van der Waals surface area contributed by atoms with E-state index in [4.69, 9.17) is 9.47 Å². The molecular formula is C41H40N2O3S2. The molecule has 2 saturated heterocycles. The van der Waals surface area contributed by atoms with Crippen LogP contribution in [0, 0.1) is 0 Å². The number of benzene rings is 4. The molecular weight excluding hydrogens is 633 g/mol. The number of rotatable bonds is 12. The first kappa shape index (κ1) is 31.3. The lowest BCUT2D eigenvalue weighted by Crippen LogP contribution is -2.25. The van der Waals surface area contributed by atoms with Gasteiger partial charge in [0.25, 0.3) is 0 Å². The SMILES string of the molecule is O=C(c1c(-c2ccc(OCCN3CCCC3)cc2)sc2ccccc12)c1c(-c2ccc(OCCN3CCCC3)cc2)sc2ccccc12. The molecule has 0 atom stereocenters. The van der Waals surface area contributed by atoms with Crippen molar-refractivity contribution in [3.05, 3.63) is 108 Å². The maximum Gasteiger partial charge on any atom is 0.197 e. The molecule has 8 rings (SSSR count). The molecule has 48 heavy (non-hydrogen) atoms. The monoisotopic (exact) mass is 672 g/mol. The lowest BCUT2D eigenvalue weighted by atomic mass is 9.94. The summed E-state index contributed by atoms with van der Waals surface area (Å²) in [5.74, 6) is 1.79. The summed E-state index contributed by atoms with van der Waals surface area (Å²) in [6.07, 6.45) is 5.14. The van der Waals surface area contributed by atoms with E-state index in [2.05, 4.69) is 58.3 Å². The molecule has 2 aliphatic heterocycles. The van der Waals surface area contributed by atoms with E-state index in [0.29, 0.717) is 13.2 Å². The number of ether oxygens (including phenoxy) is 2. The highest BCUT2D eigenvalue weighted by Crippen LogP contribution is 2.45. The van der Waals surface area contributed by atoms with Crippen LogP contribution in [0.25, 0.3) is 41.1 Å². The van der Waals surface area contributed by atoms with Gasteiger partial charge < -0.3 is 9.47 Å². The van der Waals surface area contributed by atoms with Gasteiger partial charge in [-0.05, 0) is 124 Å². The van der Waals surface area contributed by atoms with Crippen LogP contribution < -0.4 is 9.47 Å². The third kappa shape index (κ3) is 6.52. The van der Waals surface area contributed by atoms with E-state index in [1.807, 2.05) is 48.5 Å². The average Bonchev–Trinajstić information content (AvgIpc) is 3.95. The Balaban J connectivity index is 1.10. The Morgan fingerprint density at radius 1 is 0.542 bits per heavy atom. The van der Waals surface area contributed by atoms with Gasteiger partial charge in [-0.15, -0.1) is 22.7 Å². The molecule has 2 fully saturated rings. The van der Waals surface area contributed by atoms with Crippen molar-refractivity contribution in [3.63, 3.8) is 0 Å². The summed E-state index contributed by atoms with van der Waals surface area (Å²) in [4.78, 5) is 21.9. The van der Waals surface area contributed by atoms with Crippen LogP contribution in [0.4, 0.5) is 0 Å². The number of likely N-dealkylation sites (tertiary alicyclic amines) is 2. The number of hydrogen-bond donors (Lipinski definition) is 0. The van der Waals surface area contributed by atoms with Crippen LogP contribution in [0.1, 0.15) is 41.6 Å². The lowest BCUT2D eigenvalue weighted by Gasteiger charge is -2.15. The Hall–Kier alpha value is -4.01. The number of carbonyl (C=O) groups excluding carboxylic acids is 1. The van der Waals surface area contributed by atoms with Crippen molar-refractivity contribution in [2.24, 2.45) is 0 Å². The fraction of sp³-hybridized carbons (Fsp3) is 0.293. The van der Waals surface area contributed by atoms with Gasteiger partial charge in [0.2, 0.25) is 0 Å². The van der Waals surface area contributed by atoms with Gasteiger partial charge in [0.1, 0.15) is 24.7 Å². The molecule has 0 radical (unpaired) electrons. The van der Waals surface area contributed by atoms with Gasteiger partial charge in [-0.3, -0.25) is 14.6 Å². The van der Waals surface area contributed by atoms with Crippen molar-refractivity contribution in [2.45, 2.75) is 25.7 Å². The zero-order valence-corrected chi connectivity index (χ0v) is 28.8. The van der Waals surface area contributed by atoms with Gasteiger partial charge in [0.15, 0.2) is 5.78 Å². The first-order chi connectivity index (χ1) is 23.7. The molecule has 0 unspecified atom stereocenters. The zero-order valence-electron chi connectivity index (χ0n) is 27.2. The number of ketones is 1. The molecule has 0 bridgehead atoms. The predicted octanol–water partition coefficient (Wildman–Crippen LogP) is 9.63. The molecule has 0 N–H and O–H groups in total. The zero-order chi connectivity index (χ0) is 32.3. The minimum absolute atomic E-state index is 0.0618. The van der Waals surface area contributed by atoms with Crippen LogP contribution >= 0.6 is 22.7 Å². The van der Waals surface area contributed by atoms with Crippen LogP contribution in [0.2, 0.25) is 0 Å². The molecule has 0 spiro atoms. The van der Waals surface area contributed by atoms with Crippen molar-refractivity contribution >= 4 is 48.6 Å². The molecule has 4 heterocycles. The highest BCUT2D eigenvalue weighted by Gasteiger charge is 2.27. The Labute approximate surface area is 290 Å². The molecule has 2 aliphatic rings. The van der Waals surface area contributed by atoms with Crippen LogP contribution in [0.15, 0.2) is 97.1 Å². The van der Waals surface area contributed by atoms with Crippen molar-refractivity contribution in [2.75, 3.05) is 52.5 Å². The first-order valence-corrected chi connectivity index (χ1v) is 18.8. The highest BCUT2D eigenvalue weighted by molar-refractivity contribution is 7.23. The van der Waals surface area contributed by atoms with E-state index in [0.717, 1.165) is 76.8 Å². The van der Waals surface area contributed by atoms with E-state index in [-0.39, 0.29) is 5.78 Å². The fourth-order valence-corrected chi connectivity index (χ4v) is 9.49. The van der Waals surface area contributed by atoms with Crippen LogP contribution in [0.3, 0.4) is 0 Å². The van der Waals surface area contributed by atoms with Crippen LogP contribution in [-0.2, 0) is 0 Å². The number of carbonyl (C=O) groups is 1. The van der Waals surface area contributed by atoms with Gasteiger partial charge in [0.05, 0.1) is 0 Å². The maximum absolute atomic E-state index is 15.0. The maximum atomic E-state index is 15.0. The standard InChI is InChI=1S/C41H40N2O3S2/c44-39(37-33-9-1-3-11-35(33)47-40(37)29-13-17-31(18-14-29)45-27-25-42-21-5-6-22-42)38-34-10-2-4-12-36(34)48-41(38)30-15-19-32(20-16-30)46-28-26-43-23-7-8-24-43/h1-4,9-20H,5-8,21-28H2. The molecule has 2 aromatic heterocycles. The van der Waals surface area contributed by atoms with Gasteiger partial charge in [-0.25, -0.2) is 0 Å². The molecule has 5 nitrogen and oxygen atoms in total. The second-order valence-electron chi connectivity index (χ2n) is 12.8. The van der Waals surface area contributed by atoms with Gasteiger partial charge in [-0.1, -0.05) is 36.4 Å². The summed E-state index contributed by atoms with van der Waals surface area (Å²) in [6, 6.07) is 33.1. The molecule has 4 aromatic carbocycles. The Morgan fingerprint density at radius 2 is 0.938 bits per heavy atom. The Bertz CT molecular complexity index is 1870. The minimum atomic E-state index is 0.0618. The fourth-order valence-electron chi connectivity index (χ4n) is 7.08. The summed E-state index contributed by atoms with van der Waals surface area (Å²) in [5, 5.41) is 1.99. The molecule has 7 heteroatoms. The quantitative estimate of drug-likeness (QED) is 0.121. The molecule has 0 saturated carbocycles. The number of nitrogens with zero attached hydrogens (tertiary/aromatic N) is 2. The van der Waals surface area contributed by atoms with E-state index in [1.165, 1.54) is 51.9 Å². The number of thiophene rings is 2. The Kier molecular flexibility index (Phi) is 9.27. The van der Waals surface area contributed by atoms with Crippen molar-refractivity contribution in [1.82, 2.24) is 9.80 Å². The topological polar surface area (TPSA) is 42.0 Å². The average molecular weight is 673 g/mol. The third-order valence-electron chi connectivity index (χ3n) is 9.63. The summed E-state index contributed by atoms with van der Waals surface area (Å²) >= 11 is 3.37. The van der Waals surface area contributed by atoms with E-state index < -0.39 is 0 Å². The largest absolute Gasteiger partial charge is 0.492 e. The third-order valence-corrected chi connectivity index (χ3v) is 12.1. The smallest absolute Gasteiger partial charge is 0.197 e. The summed E-state index contributed by atoms with van der Waals surface area (Å²) in [7, 11) is 0. The molecule has 6 aromatic rings. The molecule has 0 aliphatic carbocycles. The second kappa shape index (κ2) is 14.2. The van der Waals surface area contributed by atoms with E-state index in [9.17, 15) is 0 Å². The lowest BCUT2D eigenvalue weighted by molar-refractivity contribution is 0.104. The second-order valence-corrected chi connectivity index (χ2v) is 14.9. The van der Waals surface area contributed by atoms with Gasteiger partial charge >= 0.3 is 0 Å². The van der Waals surface area contributed by atoms with Gasteiger partial charge in [-0.2, -0.15) is 0 Å². The summed E-state index contributed by atoms with van der Waals surface area (Å²) < 4.78 is 14.4. The van der Waals surface area contributed by atoms with Crippen molar-refractivity contribution < 1.29 is 14.3 Å². The molecule has 0 amide bonds. The summed E-state index contributed by atoms with van der Waals surface area (Å²) in [5.41, 5.74) is 3.60. The first-order valence-electron chi connectivity index (χ1n) is 17.2. The normalized spacial score (nSPS) is 15.5.